The van der Waals surface area contributed by atoms with Crippen molar-refractivity contribution in [3.05, 3.63) is 39.4 Å². The number of hydrogen-bond donors (Lipinski definition) is 2. The highest BCUT2D eigenvalue weighted by atomic mass is 16.5. The molecule has 0 saturated carbocycles. The van der Waals surface area contributed by atoms with Crippen molar-refractivity contribution >= 4 is 17.0 Å². The molecule has 1 amide bonds. The molecule has 0 bridgehead atoms. The van der Waals surface area contributed by atoms with E-state index in [0.717, 1.165) is 11.1 Å². The summed E-state index contributed by atoms with van der Waals surface area (Å²) in [5.74, 6) is 0.325. The van der Waals surface area contributed by atoms with E-state index in [-0.39, 0.29) is 12.2 Å². The summed E-state index contributed by atoms with van der Waals surface area (Å²) in [5, 5.41) is 2.89. The maximum absolute atomic E-state index is 12.0. The van der Waals surface area contributed by atoms with E-state index < -0.39 is 6.09 Å². The molecule has 100 valence electrons. The molecule has 1 aromatic heterocycles. The minimum atomic E-state index is -0.567. The van der Waals surface area contributed by atoms with Crippen LogP contribution in [0.2, 0.25) is 0 Å². The Labute approximate surface area is 109 Å². The number of carbonyl (C=O) groups excluding carboxylic acids is 1. The number of aryl methyl sites for hydroxylation is 2. The van der Waals surface area contributed by atoms with E-state index in [4.69, 9.17) is 4.74 Å². The fourth-order valence-electron chi connectivity index (χ4n) is 1.97. The predicted octanol–water partition coefficient (Wildman–Crippen LogP) is 1.40. The number of ether oxygens (including phenoxy) is 1. The van der Waals surface area contributed by atoms with Crippen LogP contribution in [-0.4, -0.2) is 23.1 Å². The molecule has 0 spiro atoms. The molecular weight excluding hydrogens is 246 g/mol. The van der Waals surface area contributed by atoms with Crippen LogP contribution in [0.1, 0.15) is 17.0 Å². The van der Waals surface area contributed by atoms with Gasteiger partial charge in [0.2, 0.25) is 0 Å². The van der Waals surface area contributed by atoms with Crippen molar-refractivity contribution in [2.75, 3.05) is 7.05 Å². The van der Waals surface area contributed by atoms with E-state index in [2.05, 4.69) is 15.3 Å². The van der Waals surface area contributed by atoms with Crippen molar-refractivity contribution in [2.45, 2.75) is 20.5 Å². The number of fused-ring (bicyclic) bond motifs is 1. The smallest absolute Gasteiger partial charge is 0.407 e. The molecule has 0 aliphatic heterocycles. The molecule has 0 atom stereocenters. The van der Waals surface area contributed by atoms with Crippen LogP contribution in [0, 0.1) is 13.8 Å². The summed E-state index contributed by atoms with van der Waals surface area (Å²) in [6.07, 6.45) is -0.567. The third-order valence-corrected chi connectivity index (χ3v) is 2.74. The number of amides is 1. The minimum Gasteiger partial charge on any atom is -0.441 e. The third kappa shape index (κ3) is 2.73. The van der Waals surface area contributed by atoms with Gasteiger partial charge in [0.1, 0.15) is 5.82 Å². The van der Waals surface area contributed by atoms with Crippen LogP contribution in [0.25, 0.3) is 10.9 Å². The molecule has 0 aliphatic rings. The monoisotopic (exact) mass is 261 g/mol. The van der Waals surface area contributed by atoms with E-state index in [9.17, 15) is 9.59 Å². The molecule has 0 unspecified atom stereocenters. The summed E-state index contributed by atoms with van der Waals surface area (Å²) in [4.78, 5) is 29.9. The van der Waals surface area contributed by atoms with Crippen molar-refractivity contribution in [3.8, 4) is 0 Å². The number of rotatable bonds is 2. The molecule has 0 saturated heterocycles. The highest BCUT2D eigenvalue weighted by Gasteiger charge is 2.08. The molecule has 2 rings (SSSR count). The van der Waals surface area contributed by atoms with Crippen molar-refractivity contribution in [3.63, 3.8) is 0 Å². The molecule has 2 aromatic rings. The lowest BCUT2D eigenvalue weighted by atomic mass is 10.1. The lowest BCUT2D eigenvalue weighted by Gasteiger charge is -2.06. The summed E-state index contributed by atoms with van der Waals surface area (Å²) in [7, 11) is 1.46. The van der Waals surface area contributed by atoms with E-state index >= 15 is 0 Å². The minimum absolute atomic E-state index is 0.0716. The maximum Gasteiger partial charge on any atom is 0.407 e. The van der Waals surface area contributed by atoms with E-state index in [1.54, 1.807) is 0 Å². The number of aromatic nitrogens is 2. The first-order chi connectivity index (χ1) is 9.01. The predicted molar refractivity (Wildman–Crippen MR) is 71.1 cm³/mol. The van der Waals surface area contributed by atoms with Gasteiger partial charge >= 0.3 is 6.09 Å². The normalized spacial score (nSPS) is 10.5. The van der Waals surface area contributed by atoms with Gasteiger partial charge in [0.15, 0.2) is 6.61 Å². The SMILES string of the molecule is CNC(=O)OCc1nc2cc(C)cc(C)c2c(=O)[nH]1. The van der Waals surface area contributed by atoms with Crippen molar-refractivity contribution in [1.82, 2.24) is 15.3 Å². The van der Waals surface area contributed by atoms with Crippen LogP contribution >= 0.6 is 0 Å². The van der Waals surface area contributed by atoms with Crippen LogP contribution in [-0.2, 0) is 11.3 Å². The first-order valence-electron chi connectivity index (χ1n) is 5.86. The molecule has 0 fully saturated rings. The first-order valence-corrected chi connectivity index (χ1v) is 5.86. The highest BCUT2D eigenvalue weighted by molar-refractivity contribution is 5.81. The number of H-pyrrole nitrogens is 1. The van der Waals surface area contributed by atoms with Gasteiger partial charge in [-0.3, -0.25) is 4.79 Å². The average Bonchev–Trinajstić information content (AvgIpc) is 2.34. The zero-order chi connectivity index (χ0) is 14.0. The van der Waals surface area contributed by atoms with Crippen molar-refractivity contribution < 1.29 is 9.53 Å². The topological polar surface area (TPSA) is 84.1 Å². The molecule has 19 heavy (non-hydrogen) atoms. The second-order valence-corrected chi connectivity index (χ2v) is 4.31. The molecule has 0 aliphatic carbocycles. The van der Waals surface area contributed by atoms with E-state index in [0.29, 0.717) is 16.7 Å². The molecule has 1 aromatic carbocycles. The Balaban J connectivity index is 2.44. The Morgan fingerprint density at radius 3 is 2.84 bits per heavy atom. The average molecular weight is 261 g/mol. The van der Waals surface area contributed by atoms with Crippen LogP contribution < -0.4 is 10.9 Å². The van der Waals surface area contributed by atoms with Crippen LogP contribution in [0.4, 0.5) is 4.79 Å². The summed E-state index contributed by atoms with van der Waals surface area (Å²) in [6, 6.07) is 3.76. The largest absolute Gasteiger partial charge is 0.441 e. The Bertz CT molecular complexity index is 691. The van der Waals surface area contributed by atoms with Gasteiger partial charge in [0.05, 0.1) is 10.9 Å². The molecule has 6 heteroatoms. The number of nitrogens with zero attached hydrogens (tertiary/aromatic N) is 1. The van der Waals surface area contributed by atoms with Gasteiger partial charge < -0.3 is 15.0 Å². The van der Waals surface area contributed by atoms with Crippen LogP contribution in [0.3, 0.4) is 0 Å². The Morgan fingerprint density at radius 1 is 1.42 bits per heavy atom. The molecule has 2 N–H and O–H groups in total. The fourth-order valence-corrected chi connectivity index (χ4v) is 1.97. The van der Waals surface area contributed by atoms with Gasteiger partial charge in [-0.25, -0.2) is 9.78 Å². The summed E-state index contributed by atoms with van der Waals surface area (Å²) in [6.45, 7) is 3.74. The standard InChI is InChI=1S/C13H15N3O3/c1-7-4-8(2)11-9(5-7)15-10(16-12(11)17)6-19-13(18)14-3/h4-5H,6H2,1-3H3,(H,14,18)(H,15,16,17). The van der Waals surface area contributed by atoms with Crippen LogP contribution in [0.15, 0.2) is 16.9 Å². The van der Waals surface area contributed by atoms with Gasteiger partial charge in [-0.1, -0.05) is 6.07 Å². The van der Waals surface area contributed by atoms with Gasteiger partial charge in [-0.2, -0.15) is 0 Å². The lowest BCUT2D eigenvalue weighted by molar-refractivity contribution is 0.139. The third-order valence-electron chi connectivity index (χ3n) is 2.74. The maximum atomic E-state index is 12.0. The molecule has 1 heterocycles. The summed E-state index contributed by atoms with van der Waals surface area (Å²) in [5.41, 5.74) is 2.29. The van der Waals surface area contributed by atoms with Crippen molar-refractivity contribution in [1.29, 1.82) is 0 Å². The fraction of sp³-hybridized carbons (Fsp3) is 0.308. The van der Waals surface area contributed by atoms with E-state index in [1.807, 2.05) is 26.0 Å². The molecular formula is C13H15N3O3. The number of nitrogens with one attached hydrogen (secondary N) is 2. The van der Waals surface area contributed by atoms with Gasteiger partial charge in [-0.15, -0.1) is 0 Å². The zero-order valence-corrected chi connectivity index (χ0v) is 11.0. The van der Waals surface area contributed by atoms with Gasteiger partial charge in [0, 0.05) is 7.05 Å². The summed E-state index contributed by atoms with van der Waals surface area (Å²) >= 11 is 0. The Morgan fingerprint density at radius 2 is 2.16 bits per heavy atom. The van der Waals surface area contributed by atoms with Gasteiger partial charge in [-0.05, 0) is 31.0 Å². The highest BCUT2D eigenvalue weighted by Crippen LogP contribution is 2.15. The van der Waals surface area contributed by atoms with Crippen molar-refractivity contribution in [2.24, 2.45) is 0 Å². The summed E-state index contributed by atoms with van der Waals surface area (Å²) < 4.78 is 4.86. The lowest BCUT2D eigenvalue weighted by Crippen LogP contribution is -2.21. The van der Waals surface area contributed by atoms with E-state index in [1.165, 1.54) is 7.05 Å². The van der Waals surface area contributed by atoms with Gasteiger partial charge in [0.25, 0.3) is 5.56 Å². The molecule has 6 nitrogen and oxygen atoms in total. The second-order valence-electron chi connectivity index (χ2n) is 4.31. The Kier molecular flexibility index (Phi) is 3.50. The quantitative estimate of drug-likeness (QED) is 0.855. The van der Waals surface area contributed by atoms with Crippen LogP contribution in [0.5, 0.6) is 0 Å². The number of benzene rings is 1. The number of carbonyl (C=O) groups is 1. The molecule has 0 radical (unpaired) electrons. The Hall–Kier alpha value is -2.37. The number of alkyl carbamates (subject to hydrolysis) is 1. The number of hydrogen-bond acceptors (Lipinski definition) is 4. The zero-order valence-electron chi connectivity index (χ0n) is 11.0. The number of aromatic amines is 1. The first kappa shape index (κ1) is 13.1. The second kappa shape index (κ2) is 5.09.